The molecule has 1 aliphatic rings. The number of nitrogens with two attached hydrogens (primary N) is 1. The van der Waals surface area contributed by atoms with Crippen LogP contribution in [0.15, 0.2) is 0 Å². The van der Waals surface area contributed by atoms with Gasteiger partial charge >= 0.3 is 5.97 Å². The molecule has 0 aromatic carbocycles. The van der Waals surface area contributed by atoms with Gasteiger partial charge in [0.15, 0.2) is 0 Å². The number of carbonyl (C=O) groups is 1. The van der Waals surface area contributed by atoms with Crippen LogP contribution in [0.25, 0.3) is 0 Å². The molecule has 1 rings (SSSR count). The van der Waals surface area contributed by atoms with Gasteiger partial charge in [0.1, 0.15) is 6.10 Å². The maximum Gasteiger partial charge on any atom is 0.306 e. The lowest BCUT2D eigenvalue weighted by molar-refractivity contribution is -0.152. The van der Waals surface area contributed by atoms with Crippen molar-refractivity contribution in [2.24, 2.45) is 23.0 Å². The van der Waals surface area contributed by atoms with Crippen molar-refractivity contribution in [3.8, 4) is 0 Å². The van der Waals surface area contributed by atoms with Crippen molar-refractivity contribution in [2.45, 2.75) is 72.3 Å². The Bertz CT molecular complexity index is 276. The highest BCUT2D eigenvalue weighted by molar-refractivity contribution is 5.69. The van der Waals surface area contributed by atoms with E-state index in [1.165, 1.54) is 0 Å². The van der Waals surface area contributed by atoms with Gasteiger partial charge in [-0.1, -0.05) is 27.7 Å². The van der Waals surface area contributed by atoms with E-state index in [1.807, 2.05) is 0 Å². The summed E-state index contributed by atoms with van der Waals surface area (Å²) in [5, 5.41) is 0. The van der Waals surface area contributed by atoms with Gasteiger partial charge in [-0.2, -0.15) is 0 Å². The highest BCUT2D eigenvalue weighted by atomic mass is 16.5. The Labute approximate surface area is 118 Å². The summed E-state index contributed by atoms with van der Waals surface area (Å²) in [5.41, 5.74) is 6.15. The van der Waals surface area contributed by atoms with Crippen molar-refractivity contribution in [1.82, 2.24) is 0 Å². The minimum absolute atomic E-state index is 0.0548. The molecule has 19 heavy (non-hydrogen) atoms. The molecule has 0 bridgehead atoms. The van der Waals surface area contributed by atoms with Crippen LogP contribution in [-0.4, -0.2) is 18.6 Å². The molecule has 0 spiro atoms. The lowest BCUT2D eigenvalue weighted by Gasteiger charge is -2.34. The lowest BCUT2D eigenvalue weighted by Crippen LogP contribution is -2.29. The fraction of sp³-hybridized carbons (Fsp3) is 0.938. The van der Waals surface area contributed by atoms with E-state index in [-0.39, 0.29) is 18.0 Å². The third kappa shape index (κ3) is 6.42. The van der Waals surface area contributed by atoms with E-state index in [0.29, 0.717) is 24.3 Å². The number of rotatable bonds is 6. The second-order valence-corrected chi connectivity index (χ2v) is 7.29. The van der Waals surface area contributed by atoms with Crippen LogP contribution in [-0.2, 0) is 9.53 Å². The van der Waals surface area contributed by atoms with Gasteiger partial charge in [0.2, 0.25) is 0 Å². The number of esters is 1. The first kappa shape index (κ1) is 16.5. The Morgan fingerprint density at radius 3 is 2.37 bits per heavy atom. The van der Waals surface area contributed by atoms with Gasteiger partial charge in [-0.3, -0.25) is 4.79 Å². The van der Waals surface area contributed by atoms with Crippen LogP contribution in [0.4, 0.5) is 0 Å². The summed E-state index contributed by atoms with van der Waals surface area (Å²) in [6, 6.07) is 0. The first-order chi connectivity index (χ1) is 8.82. The third-order valence-corrected chi connectivity index (χ3v) is 4.18. The van der Waals surface area contributed by atoms with Crippen LogP contribution in [0.3, 0.4) is 0 Å². The van der Waals surface area contributed by atoms with Crippen LogP contribution in [0.5, 0.6) is 0 Å². The zero-order valence-corrected chi connectivity index (χ0v) is 13.1. The highest BCUT2D eigenvalue weighted by Gasteiger charge is 2.29. The topological polar surface area (TPSA) is 52.3 Å². The van der Waals surface area contributed by atoms with Crippen LogP contribution in [0, 0.1) is 17.3 Å². The van der Waals surface area contributed by atoms with Crippen LogP contribution in [0.2, 0.25) is 0 Å². The maximum absolute atomic E-state index is 11.9. The van der Waals surface area contributed by atoms with Gasteiger partial charge in [0, 0.05) is 6.42 Å². The molecule has 0 unspecified atom stereocenters. The highest BCUT2D eigenvalue weighted by Crippen LogP contribution is 2.36. The molecule has 3 heteroatoms. The third-order valence-electron chi connectivity index (χ3n) is 4.18. The van der Waals surface area contributed by atoms with E-state index in [0.717, 1.165) is 32.1 Å². The van der Waals surface area contributed by atoms with Crippen LogP contribution >= 0.6 is 0 Å². The number of hydrogen-bond donors (Lipinski definition) is 1. The predicted molar refractivity (Wildman–Crippen MR) is 78.7 cm³/mol. The molecule has 1 saturated carbocycles. The van der Waals surface area contributed by atoms with Crippen molar-refractivity contribution in [3.63, 3.8) is 0 Å². The first-order valence-electron chi connectivity index (χ1n) is 7.72. The minimum atomic E-state index is -0.0548. The summed E-state index contributed by atoms with van der Waals surface area (Å²) in [6.45, 7) is 9.48. The first-order valence-corrected chi connectivity index (χ1v) is 7.72. The minimum Gasteiger partial charge on any atom is -0.462 e. The molecule has 0 aliphatic heterocycles. The zero-order chi connectivity index (χ0) is 14.5. The second-order valence-electron chi connectivity index (χ2n) is 7.29. The molecule has 0 amide bonds. The van der Waals surface area contributed by atoms with Gasteiger partial charge < -0.3 is 10.5 Å². The Hall–Kier alpha value is -0.570. The predicted octanol–water partition coefficient (Wildman–Crippen LogP) is 3.51. The quantitative estimate of drug-likeness (QED) is 0.751. The fourth-order valence-electron chi connectivity index (χ4n) is 2.89. The second kappa shape index (κ2) is 7.28. The van der Waals surface area contributed by atoms with Crippen molar-refractivity contribution in [3.05, 3.63) is 0 Å². The average Bonchev–Trinajstić information content (AvgIpc) is 2.30. The SMILES string of the molecule is CC(C)C[C@H](CN)CC(=O)OC1CCC(C)(C)CC1. The Kier molecular flexibility index (Phi) is 6.31. The van der Waals surface area contributed by atoms with Gasteiger partial charge in [-0.25, -0.2) is 0 Å². The Morgan fingerprint density at radius 2 is 1.89 bits per heavy atom. The van der Waals surface area contributed by atoms with Gasteiger partial charge in [0.05, 0.1) is 0 Å². The van der Waals surface area contributed by atoms with E-state index in [2.05, 4.69) is 27.7 Å². The summed E-state index contributed by atoms with van der Waals surface area (Å²) in [6.07, 6.45) is 5.94. The van der Waals surface area contributed by atoms with Crippen molar-refractivity contribution >= 4 is 5.97 Å². The number of ether oxygens (including phenoxy) is 1. The van der Waals surface area contributed by atoms with E-state index >= 15 is 0 Å². The summed E-state index contributed by atoms with van der Waals surface area (Å²) >= 11 is 0. The lowest BCUT2D eigenvalue weighted by atomic mass is 9.76. The van der Waals surface area contributed by atoms with Gasteiger partial charge in [-0.05, 0) is 55.9 Å². The molecular formula is C16H31NO2. The van der Waals surface area contributed by atoms with E-state index in [1.54, 1.807) is 0 Å². The summed E-state index contributed by atoms with van der Waals surface area (Å²) in [7, 11) is 0. The van der Waals surface area contributed by atoms with E-state index in [4.69, 9.17) is 10.5 Å². The standard InChI is InChI=1S/C16H31NO2/c1-12(2)9-13(11-17)10-15(18)19-14-5-7-16(3,4)8-6-14/h12-14H,5-11,17H2,1-4H3/t13-/m0/s1. The number of hydrogen-bond acceptors (Lipinski definition) is 3. The molecule has 1 atom stereocenters. The maximum atomic E-state index is 11.9. The average molecular weight is 269 g/mol. The van der Waals surface area contributed by atoms with Gasteiger partial charge in [-0.15, -0.1) is 0 Å². The van der Waals surface area contributed by atoms with Crippen molar-refractivity contribution in [2.75, 3.05) is 6.54 Å². The van der Waals surface area contributed by atoms with Crippen molar-refractivity contribution in [1.29, 1.82) is 0 Å². The summed E-state index contributed by atoms with van der Waals surface area (Å²) in [4.78, 5) is 11.9. The fourth-order valence-corrected chi connectivity index (χ4v) is 2.89. The van der Waals surface area contributed by atoms with Crippen LogP contribution < -0.4 is 5.73 Å². The Balaban J connectivity index is 2.31. The molecule has 3 nitrogen and oxygen atoms in total. The summed E-state index contributed by atoms with van der Waals surface area (Å²) < 4.78 is 5.60. The normalized spacial score (nSPS) is 21.4. The van der Waals surface area contributed by atoms with Crippen molar-refractivity contribution < 1.29 is 9.53 Å². The molecule has 1 aliphatic carbocycles. The molecule has 0 saturated heterocycles. The zero-order valence-electron chi connectivity index (χ0n) is 13.1. The molecule has 112 valence electrons. The smallest absolute Gasteiger partial charge is 0.306 e. The molecule has 2 N–H and O–H groups in total. The van der Waals surface area contributed by atoms with E-state index in [9.17, 15) is 4.79 Å². The number of carbonyl (C=O) groups excluding carboxylic acids is 1. The summed E-state index contributed by atoms with van der Waals surface area (Å²) in [5.74, 6) is 0.796. The Morgan fingerprint density at radius 1 is 1.32 bits per heavy atom. The molecular weight excluding hydrogens is 238 g/mol. The van der Waals surface area contributed by atoms with Gasteiger partial charge in [0.25, 0.3) is 0 Å². The molecule has 0 radical (unpaired) electrons. The monoisotopic (exact) mass is 269 g/mol. The largest absolute Gasteiger partial charge is 0.462 e. The molecule has 0 aromatic rings. The van der Waals surface area contributed by atoms with Crippen LogP contribution in [0.1, 0.15) is 66.2 Å². The molecule has 1 fully saturated rings. The van der Waals surface area contributed by atoms with E-state index < -0.39 is 0 Å². The molecule has 0 heterocycles. The molecule has 0 aromatic heterocycles.